The number of benzene rings is 1. The molecule has 10 heteroatoms. The lowest BCUT2D eigenvalue weighted by molar-refractivity contribution is -0.148. The summed E-state index contributed by atoms with van der Waals surface area (Å²) in [5.74, 6) is -1.18. The van der Waals surface area contributed by atoms with Gasteiger partial charge in [0, 0.05) is 5.56 Å². The lowest BCUT2D eigenvalue weighted by atomic mass is 10.1. The maximum absolute atomic E-state index is 12.9. The number of nitrogens with zero attached hydrogens (tertiary/aromatic N) is 2. The molecule has 0 saturated heterocycles. The summed E-state index contributed by atoms with van der Waals surface area (Å²) < 4.78 is 47.8. The van der Waals surface area contributed by atoms with Crippen molar-refractivity contribution in [2.24, 2.45) is 5.92 Å². The molecule has 1 aromatic carbocycles. The zero-order valence-electron chi connectivity index (χ0n) is 13.9. The molecule has 136 valence electrons. The number of esters is 1. The van der Waals surface area contributed by atoms with Gasteiger partial charge in [0.05, 0.1) is 6.26 Å². The van der Waals surface area contributed by atoms with Crippen LogP contribution in [0.25, 0.3) is 11.4 Å². The number of carbonyl (C=O) groups excluding carboxylic acids is 1. The number of ether oxygens (including phenoxy) is 1. The van der Waals surface area contributed by atoms with Crippen molar-refractivity contribution in [2.75, 3.05) is 6.26 Å². The van der Waals surface area contributed by atoms with Crippen LogP contribution in [0.1, 0.15) is 19.7 Å². The summed E-state index contributed by atoms with van der Waals surface area (Å²) in [4.78, 5) is 16.1. The topological polar surface area (TPSA) is 111 Å². The second kappa shape index (κ2) is 7.70. The third-order valence-corrected chi connectivity index (χ3v) is 3.85. The average molecular weight is 371 g/mol. The van der Waals surface area contributed by atoms with Gasteiger partial charge in [-0.25, -0.2) is 17.5 Å². The van der Waals surface area contributed by atoms with Gasteiger partial charge in [-0.3, -0.25) is 4.79 Å². The first-order valence-electron chi connectivity index (χ1n) is 7.38. The Morgan fingerprint density at radius 3 is 2.52 bits per heavy atom. The third-order valence-electron chi connectivity index (χ3n) is 3.17. The second-order valence-corrected chi connectivity index (χ2v) is 7.52. The van der Waals surface area contributed by atoms with Gasteiger partial charge in [-0.2, -0.15) is 4.98 Å². The van der Waals surface area contributed by atoms with Crippen LogP contribution in [0.15, 0.2) is 28.8 Å². The molecule has 0 aliphatic heterocycles. The van der Waals surface area contributed by atoms with Crippen molar-refractivity contribution < 1.29 is 26.9 Å². The Labute approximate surface area is 144 Å². The quantitative estimate of drug-likeness (QED) is 0.734. The van der Waals surface area contributed by atoms with E-state index >= 15 is 0 Å². The normalized spacial score (nSPS) is 13.0. The van der Waals surface area contributed by atoms with Gasteiger partial charge in [-0.15, -0.1) is 0 Å². The first kappa shape index (κ1) is 19.0. The number of aromatic nitrogens is 2. The summed E-state index contributed by atoms with van der Waals surface area (Å²) >= 11 is 0. The van der Waals surface area contributed by atoms with Crippen LogP contribution in [-0.4, -0.2) is 36.8 Å². The largest absolute Gasteiger partial charge is 0.454 e. The zero-order chi connectivity index (χ0) is 18.6. The van der Waals surface area contributed by atoms with Crippen LogP contribution in [-0.2, 0) is 26.2 Å². The van der Waals surface area contributed by atoms with E-state index in [-0.39, 0.29) is 30.1 Å². The molecule has 1 heterocycles. The van der Waals surface area contributed by atoms with E-state index in [4.69, 9.17) is 9.26 Å². The molecule has 0 unspecified atom stereocenters. The number of hydrogen-bond acceptors (Lipinski definition) is 7. The average Bonchev–Trinajstić information content (AvgIpc) is 2.99. The lowest BCUT2D eigenvalue weighted by Gasteiger charge is -2.19. The Balaban J connectivity index is 2.01. The van der Waals surface area contributed by atoms with Crippen LogP contribution >= 0.6 is 0 Å². The SMILES string of the molecule is CC(C)[C@@H](NS(C)(=O)=O)C(=O)OCc1nc(-c2ccc(F)cc2)no1. The van der Waals surface area contributed by atoms with Gasteiger partial charge in [0.25, 0.3) is 5.89 Å². The Bertz CT molecular complexity index is 833. The summed E-state index contributed by atoms with van der Waals surface area (Å²) in [6, 6.07) is 4.47. The molecular weight excluding hydrogens is 353 g/mol. The van der Waals surface area contributed by atoms with Crippen LogP contribution in [0, 0.1) is 11.7 Å². The minimum absolute atomic E-state index is 0.0366. The fourth-order valence-electron chi connectivity index (χ4n) is 1.94. The molecule has 1 aromatic heterocycles. The maximum Gasteiger partial charge on any atom is 0.324 e. The van der Waals surface area contributed by atoms with Gasteiger partial charge in [-0.05, 0) is 30.2 Å². The molecule has 25 heavy (non-hydrogen) atoms. The predicted octanol–water partition coefficient (Wildman–Crippen LogP) is 1.49. The van der Waals surface area contributed by atoms with Crippen molar-refractivity contribution >= 4 is 16.0 Å². The molecule has 0 amide bonds. The van der Waals surface area contributed by atoms with Gasteiger partial charge in [0.15, 0.2) is 6.61 Å². The third kappa shape index (κ3) is 5.61. The first-order valence-corrected chi connectivity index (χ1v) is 9.27. The highest BCUT2D eigenvalue weighted by atomic mass is 32.2. The molecule has 8 nitrogen and oxygen atoms in total. The van der Waals surface area contributed by atoms with E-state index < -0.39 is 22.0 Å². The molecule has 0 fully saturated rings. The highest BCUT2D eigenvalue weighted by Gasteiger charge is 2.27. The summed E-state index contributed by atoms with van der Waals surface area (Å²) in [5.41, 5.74) is 0.543. The monoisotopic (exact) mass is 371 g/mol. The van der Waals surface area contributed by atoms with Crippen LogP contribution < -0.4 is 4.72 Å². The predicted molar refractivity (Wildman–Crippen MR) is 86.1 cm³/mol. The standard InChI is InChI=1S/C15H18FN3O5S/c1-9(2)13(19-25(3,21)22)15(20)23-8-12-17-14(18-24-12)10-4-6-11(16)7-5-10/h4-7,9,13,19H,8H2,1-3H3/t13-/m1/s1. The molecule has 0 aliphatic carbocycles. The van der Waals surface area contributed by atoms with Crippen LogP contribution in [0.5, 0.6) is 0 Å². The highest BCUT2D eigenvalue weighted by molar-refractivity contribution is 7.88. The summed E-state index contributed by atoms with van der Waals surface area (Å²) in [7, 11) is -3.56. The molecule has 0 radical (unpaired) electrons. The molecule has 2 aromatic rings. The molecule has 0 saturated carbocycles. The van der Waals surface area contributed by atoms with E-state index in [1.165, 1.54) is 24.3 Å². The van der Waals surface area contributed by atoms with Crippen molar-refractivity contribution in [3.05, 3.63) is 36.0 Å². The molecule has 0 aliphatic rings. The van der Waals surface area contributed by atoms with E-state index in [0.717, 1.165) is 6.26 Å². The summed E-state index contributed by atoms with van der Waals surface area (Å²) in [5, 5.41) is 3.72. The van der Waals surface area contributed by atoms with Crippen LogP contribution in [0.4, 0.5) is 4.39 Å². The van der Waals surface area contributed by atoms with Crippen molar-refractivity contribution in [2.45, 2.75) is 26.5 Å². The molecule has 1 atom stereocenters. The van der Waals surface area contributed by atoms with Gasteiger partial charge in [-0.1, -0.05) is 19.0 Å². The summed E-state index contributed by atoms with van der Waals surface area (Å²) in [6.45, 7) is 3.06. The summed E-state index contributed by atoms with van der Waals surface area (Å²) in [6.07, 6.45) is 0.961. The Hall–Kier alpha value is -2.33. The van der Waals surface area contributed by atoms with Crippen molar-refractivity contribution in [3.8, 4) is 11.4 Å². The lowest BCUT2D eigenvalue weighted by Crippen LogP contribution is -2.44. The van der Waals surface area contributed by atoms with E-state index in [0.29, 0.717) is 5.56 Å². The molecular formula is C15H18FN3O5S. The number of halogens is 1. The zero-order valence-corrected chi connectivity index (χ0v) is 14.7. The van der Waals surface area contributed by atoms with E-state index in [1.54, 1.807) is 13.8 Å². The fourth-order valence-corrected chi connectivity index (χ4v) is 2.77. The maximum atomic E-state index is 12.9. The first-order chi connectivity index (χ1) is 11.7. The number of nitrogens with one attached hydrogen (secondary N) is 1. The fraction of sp³-hybridized carbons (Fsp3) is 0.400. The Morgan fingerprint density at radius 1 is 1.32 bits per heavy atom. The van der Waals surface area contributed by atoms with Crippen molar-refractivity contribution in [1.29, 1.82) is 0 Å². The van der Waals surface area contributed by atoms with Gasteiger partial charge >= 0.3 is 5.97 Å². The number of hydrogen-bond donors (Lipinski definition) is 1. The molecule has 0 spiro atoms. The smallest absolute Gasteiger partial charge is 0.324 e. The van der Waals surface area contributed by atoms with E-state index in [9.17, 15) is 17.6 Å². The van der Waals surface area contributed by atoms with E-state index in [2.05, 4.69) is 14.9 Å². The molecule has 2 rings (SSSR count). The van der Waals surface area contributed by atoms with Gasteiger partial charge in [0.2, 0.25) is 15.8 Å². The molecule has 1 N–H and O–H groups in total. The van der Waals surface area contributed by atoms with Crippen molar-refractivity contribution in [3.63, 3.8) is 0 Å². The second-order valence-electron chi connectivity index (χ2n) is 5.74. The molecule has 0 bridgehead atoms. The number of sulfonamides is 1. The van der Waals surface area contributed by atoms with Crippen LogP contribution in [0.3, 0.4) is 0 Å². The van der Waals surface area contributed by atoms with E-state index in [1.807, 2.05) is 0 Å². The highest BCUT2D eigenvalue weighted by Crippen LogP contribution is 2.16. The Kier molecular flexibility index (Phi) is 5.85. The minimum atomic E-state index is -3.56. The number of rotatable bonds is 7. The Morgan fingerprint density at radius 2 is 1.96 bits per heavy atom. The van der Waals surface area contributed by atoms with Gasteiger partial charge in [0.1, 0.15) is 11.9 Å². The number of carbonyl (C=O) groups is 1. The van der Waals surface area contributed by atoms with Crippen molar-refractivity contribution in [1.82, 2.24) is 14.9 Å². The minimum Gasteiger partial charge on any atom is -0.454 e. The van der Waals surface area contributed by atoms with Gasteiger partial charge < -0.3 is 9.26 Å². The van der Waals surface area contributed by atoms with Crippen LogP contribution in [0.2, 0.25) is 0 Å².